The van der Waals surface area contributed by atoms with Crippen molar-refractivity contribution >= 4 is 32.3 Å². The minimum atomic E-state index is 0.461. The number of ether oxygens (including phenoxy) is 6. The van der Waals surface area contributed by atoms with Gasteiger partial charge >= 0.3 is 0 Å². The highest BCUT2D eigenvalue weighted by molar-refractivity contribution is 6.27. The first-order chi connectivity index (χ1) is 47.6. The van der Waals surface area contributed by atoms with E-state index >= 15 is 0 Å². The molecular formula is C90H102O6. The molecule has 3 aliphatic carbocycles. The third-order valence-corrected chi connectivity index (χ3v) is 21.0. The largest absolute Gasteiger partial charge is 0.490 e. The van der Waals surface area contributed by atoms with Gasteiger partial charge in [-0.05, 0) is 193 Å². The molecule has 6 heteroatoms. The first kappa shape index (κ1) is 66.4. The molecule has 0 heterocycles. The van der Waals surface area contributed by atoms with Crippen LogP contribution >= 0.6 is 0 Å². The highest BCUT2D eigenvalue weighted by Crippen LogP contribution is 2.51. The maximum absolute atomic E-state index is 6.98. The highest BCUT2D eigenvalue weighted by atomic mass is 16.5. The Hall–Kier alpha value is -8.22. The van der Waals surface area contributed by atoms with Crippen molar-refractivity contribution in [1.29, 1.82) is 0 Å². The number of hydrogen-bond donors (Lipinski definition) is 0. The fourth-order valence-corrected chi connectivity index (χ4v) is 16.0. The van der Waals surface area contributed by atoms with E-state index in [1.165, 1.54) is 86.0 Å². The molecule has 0 radical (unpaired) electrons. The summed E-state index contributed by atoms with van der Waals surface area (Å²) in [6.07, 6.45) is 26.3. The zero-order valence-electron chi connectivity index (χ0n) is 57.7. The van der Waals surface area contributed by atoms with Crippen molar-refractivity contribution < 1.29 is 28.4 Å². The van der Waals surface area contributed by atoms with Gasteiger partial charge < -0.3 is 28.4 Å². The first-order valence-electron chi connectivity index (χ1n) is 37.5. The minimum Gasteiger partial charge on any atom is -0.490 e. The molecule has 0 spiro atoms. The van der Waals surface area contributed by atoms with Crippen molar-refractivity contribution in [1.82, 2.24) is 0 Å². The van der Waals surface area contributed by atoms with Crippen LogP contribution in [0.25, 0.3) is 65.7 Å². The van der Waals surface area contributed by atoms with E-state index in [1.807, 2.05) is 0 Å². The van der Waals surface area contributed by atoms with Crippen LogP contribution < -0.4 is 28.4 Å². The predicted molar refractivity (Wildman–Crippen MR) is 401 cm³/mol. The van der Waals surface area contributed by atoms with Gasteiger partial charge in [-0.2, -0.15) is 0 Å². The Labute approximate surface area is 573 Å². The summed E-state index contributed by atoms with van der Waals surface area (Å²) in [6, 6.07) is 67.7. The van der Waals surface area contributed by atoms with Gasteiger partial charge in [0.2, 0.25) is 0 Å². The van der Waals surface area contributed by atoms with Crippen LogP contribution in [0.5, 0.6) is 34.5 Å². The second-order valence-corrected chi connectivity index (χ2v) is 27.5. The van der Waals surface area contributed by atoms with Gasteiger partial charge in [-0.1, -0.05) is 263 Å². The van der Waals surface area contributed by atoms with Crippen LogP contribution in [0.15, 0.2) is 182 Å². The third kappa shape index (κ3) is 15.1. The average Bonchev–Trinajstić information content (AvgIpc) is 1.29. The first-order valence-corrected chi connectivity index (χ1v) is 37.5. The van der Waals surface area contributed by atoms with Crippen molar-refractivity contribution in [3.63, 3.8) is 0 Å². The van der Waals surface area contributed by atoms with Crippen molar-refractivity contribution in [2.75, 3.05) is 39.6 Å². The maximum Gasteiger partial charge on any atom is 0.161 e. The number of unbranched alkanes of at least 4 members (excludes halogenated alkanes) is 15. The SMILES string of the molecule is CCCCCOc1cc2c3cc(OCCCCC)c(OCCCCCCC4c5ccccc5-c5ccccc54)cc3c3cc(OCCCCCCC4c5ccccc5-c5ccccc54)c(OCCCCC)cc3c2cc1OCCCCCCC1c2ccccc2-c2ccccc21. The summed E-state index contributed by atoms with van der Waals surface area (Å²) in [6.45, 7) is 10.5. The molecule has 10 aromatic rings. The number of hydrogen-bond acceptors (Lipinski definition) is 6. The molecule has 0 aromatic heterocycles. The summed E-state index contributed by atoms with van der Waals surface area (Å²) in [5.74, 6) is 6.13. The van der Waals surface area contributed by atoms with E-state index in [2.05, 4.69) is 203 Å². The number of benzene rings is 10. The fraction of sp³-hybridized carbons (Fsp3) is 0.400. The fourth-order valence-electron chi connectivity index (χ4n) is 16.0. The van der Waals surface area contributed by atoms with Gasteiger partial charge in [0.25, 0.3) is 0 Å². The molecule has 0 unspecified atom stereocenters. The molecule has 0 saturated heterocycles. The highest BCUT2D eigenvalue weighted by Gasteiger charge is 2.31. The van der Waals surface area contributed by atoms with Gasteiger partial charge in [-0.3, -0.25) is 0 Å². The predicted octanol–water partition coefficient (Wildman–Crippen LogP) is 25.3. The van der Waals surface area contributed by atoms with Gasteiger partial charge in [-0.15, -0.1) is 0 Å². The van der Waals surface area contributed by atoms with Crippen molar-refractivity contribution in [3.05, 3.63) is 215 Å². The lowest BCUT2D eigenvalue weighted by atomic mass is 9.91. The molecule has 0 bridgehead atoms. The van der Waals surface area contributed by atoms with Crippen LogP contribution in [-0.4, -0.2) is 39.6 Å². The van der Waals surface area contributed by atoms with E-state index in [4.69, 9.17) is 28.4 Å². The molecule has 0 N–H and O–H groups in total. The summed E-state index contributed by atoms with van der Waals surface area (Å²) in [5.41, 5.74) is 17.3. The molecule has 498 valence electrons. The number of fused-ring (bicyclic) bond motifs is 15. The zero-order chi connectivity index (χ0) is 65.3. The zero-order valence-corrected chi connectivity index (χ0v) is 57.7. The smallest absolute Gasteiger partial charge is 0.161 e. The van der Waals surface area contributed by atoms with Crippen molar-refractivity contribution in [2.24, 2.45) is 0 Å². The second-order valence-electron chi connectivity index (χ2n) is 27.5. The van der Waals surface area contributed by atoms with Crippen LogP contribution in [0, 0.1) is 0 Å². The van der Waals surface area contributed by atoms with Crippen LogP contribution in [0.3, 0.4) is 0 Å². The Kier molecular flexibility index (Phi) is 22.9. The van der Waals surface area contributed by atoms with Crippen LogP contribution in [-0.2, 0) is 0 Å². The second kappa shape index (κ2) is 33.2. The summed E-state index contributed by atoms with van der Waals surface area (Å²) in [7, 11) is 0. The summed E-state index contributed by atoms with van der Waals surface area (Å²) in [5, 5.41) is 6.57. The van der Waals surface area contributed by atoms with E-state index in [0.29, 0.717) is 57.4 Å². The molecule has 0 amide bonds. The van der Waals surface area contributed by atoms with Gasteiger partial charge in [0, 0.05) is 17.8 Å². The summed E-state index contributed by atoms with van der Waals surface area (Å²) < 4.78 is 41.5. The molecule has 13 rings (SSSR count). The van der Waals surface area contributed by atoms with Gasteiger partial charge in [0.05, 0.1) is 39.6 Å². The molecule has 0 fully saturated rings. The van der Waals surface area contributed by atoms with E-state index in [1.54, 1.807) is 0 Å². The standard InChI is InChI=1S/C90H102O6/c1-4-7-31-52-91-85-58-79-80-59-86(92-53-32-8-5-2)89(95-56-35-14-11-17-38-65-69-42-21-27-48-75(69)76-49-28-22-43-70(65)76)62-83(80)84-63-90(96-57-36-15-12-18-39-66-71-44-23-29-50-77(71)78-51-30-24-45-72(66)78)87(93-54-33-9-6-3)60-81(84)82(79)61-88(85)94-55-34-13-10-16-37-64-67-40-19-25-46-73(67)74-47-26-20-41-68(64)74/h19-30,40-51,58-66H,4-18,31-39,52-57H2,1-3H3. The molecule has 0 aliphatic heterocycles. The minimum absolute atomic E-state index is 0.461. The van der Waals surface area contributed by atoms with E-state index in [0.717, 1.165) is 202 Å². The Morgan fingerprint density at radius 1 is 0.208 bits per heavy atom. The van der Waals surface area contributed by atoms with Gasteiger partial charge in [-0.25, -0.2) is 0 Å². The normalized spacial score (nSPS) is 13.0. The number of rotatable bonds is 39. The van der Waals surface area contributed by atoms with Gasteiger partial charge in [0.15, 0.2) is 34.5 Å². The Morgan fingerprint density at radius 2 is 0.385 bits per heavy atom. The quantitative estimate of drug-likeness (QED) is 0.0283. The average molecular weight is 1280 g/mol. The van der Waals surface area contributed by atoms with E-state index in [9.17, 15) is 0 Å². The Bertz CT molecular complexity index is 4060. The molecule has 0 saturated carbocycles. The molecule has 6 nitrogen and oxygen atoms in total. The van der Waals surface area contributed by atoms with E-state index < -0.39 is 0 Å². The molecule has 3 aliphatic rings. The molecule has 10 aromatic carbocycles. The Morgan fingerprint density at radius 3 is 0.583 bits per heavy atom. The van der Waals surface area contributed by atoms with Crippen LogP contribution in [0.4, 0.5) is 0 Å². The van der Waals surface area contributed by atoms with Crippen LogP contribution in [0.1, 0.15) is 226 Å². The van der Waals surface area contributed by atoms with Crippen LogP contribution in [0.2, 0.25) is 0 Å². The summed E-state index contributed by atoms with van der Waals surface area (Å²) >= 11 is 0. The molecule has 96 heavy (non-hydrogen) atoms. The molecule has 0 atom stereocenters. The van der Waals surface area contributed by atoms with Crippen molar-refractivity contribution in [2.45, 2.75) is 193 Å². The van der Waals surface area contributed by atoms with Gasteiger partial charge in [0.1, 0.15) is 0 Å². The lowest BCUT2D eigenvalue weighted by Crippen LogP contribution is -2.05. The topological polar surface area (TPSA) is 55.4 Å². The third-order valence-electron chi connectivity index (χ3n) is 21.0. The monoisotopic (exact) mass is 1280 g/mol. The molecular weight excluding hydrogens is 1180 g/mol. The lowest BCUT2D eigenvalue weighted by molar-refractivity contribution is 0.259. The Balaban J connectivity index is 0.771. The van der Waals surface area contributed by atoms with Crippen molar-refractivity contribution in [3.8, 4) is 67.9 Å². The summed E-state index contributed by atoms with van der Waals surface area (Å²) in [4.78, 5) is 0. The lowest BCUT2D eigenvalue weighted by Gasteiger charge is -2.21. The van der Waals surface area contributed by atoms with E-state index in [-0.39, 0.29) is 0 Å². The maximum atomic E-state index is 6.98.